The zero-order valence-corrected chi connectivity index (χ0v) is 27.2. The number of hydrogen-bond acceptors (Lipinski definition) is 6. The number of fused-ring (bicyclic) bond motifs is 2. The van der Waals surface area contributed by atoms with Gasteiger partial charge in [0.1, 0.15) is 17.4 Å². The number of hydrogen-bond donors (Lipinski definition) is 1. The molecule has 244 valence electrons. The number of aliphatic hydroxyl groups is 1. The molecule has 46 heavy (non-hydrogen) atoms. The lowest BCUT2D eigenvalue weighted by molar-refractivity contribution is -0.145. The van der Waals surface area contributed by atoms with Gasteiger partial charge in [0.2, 0.25) is 11.8 Å². The first-order chi connectivity index (χ1) is 22.3. The van der Waals surface area contributed by atoms with Gasteiger partial charge in [0.25, 0.3) is 5.91 Å². The van der Waals surface area contributed by atoms with Crippen molar-refractivity contribution in [3.05, 3.63) is 77.9 Å². The Labute approximate surface area is 275 Å². The van der Waals surface area contributed by atoms with Gasteiger partial charge in [-0.2, -0.15) is 0 Å². The quantitative estimate of drug-likeness (QED) is 0.267. The Kier molecular flexibility index (Phi) is 9.28. The van der Waals surface area contributed by atoms with Crippen molar-refractivity contribution < 1.29 is 29.0 Å². The third kappa shape index (κ3) is 5.32. The molecule has 4 heterocycles. The van der Waals surface area contributed by atoms with E-state index in [1.165, 1.54) is 0 Å². The van der Waals surface area contributed by atoms with Gasteiger partial charge in [0.15, 0.2) is 0 Å². The molecule has 2 aromatic rings. The van der Waals surface area contributed by atoms with Crippen molar-refractivity contribution in [2.45, 2.75) is 63.2 Å². The molecule has 6 rings (SSSR count). The van der Waals surface area contributed by atoms with Crippen LogP contribution >= 0.6 is 11.6 Å². The molecule has 0 aromatic heterocycles. The predicted octanol–water partition coefficient (Wildman–Crippen LogP) is 5.16. The molecular weight excluding hydrogens is 606 g/mol. The SMILES string of the molecule is CCOc1ccc(N2CC=C[C@]3(CC)O[C@]45C=CCN(c6ccccc6Cl)C(=O)C4N(CCCCCCO)C(=O)[C@@H]5[C@@H]3C2=O)cc1. The van der Waals surface area contributed by atoms with Gasteiger partial charge in [-0.05, 0) is 62.6 Å². The number of unbranched alkanes of at least 4 members (excludes halogenated alkanes) is 3. The average Bonchev–Trinajstić information content (AvgIpc) is 3.34. The van der Waals surface area contributed by atoms with Crippen molar-refractivity contribution in [3.8, 4) is 5.75 Å². The Morgan fingerprint density at radius 1 is 0.870 bits per heavy atom. The first-order valence-corrected chi connectivity index (χ1v) is 16.8. The van der Waals surface area contributed by atoms with E-state index in [1.54, 1.807) is 26.8 Å². The summed E-state index contributed by atoms with van der Waals surface area (Å²) in [4.78, 5) is 49.2. The minimum absolute atomic E-state index is 0.113. The molecule has 9 nitrogen and oxygen atoms in total. The average molecular weight is 648 g/mol. The van der Waals surface area contributed by atoms with Gasteiger partial charge in [-0.3, -0.25) is 14.4 Å². The Morgan fingerprint density at radius 3 is 2.30 bits per heavy atom. The van der Waals surface area contributed by atoms with E-state index in [9.17, 15) is 19.5 Å². The van der Waals surface area contributed by atoms with E-state index >= 15 is 0 Å². The van der Waals surface area contributed by atoms with Crippen LogP contribution in [0.15, 0.2) is 72.8 Å². The molecule has 0 aliphatic carbocycles. The van der Waals surface area contributed by atoms with Crippen molar-refractivity contribution in [3.63, 3.8) is 0 Å². The first-order valence-electron chi connectivity index (χ1n) is 16.4. The third-order valence-electron chi connectivity index (χ3n) is 9.85. The fourth-order valence-corrected chi connectivity index (χ4v) is 7.99. The maximum absolute atomic E-state index is 14.7. The van der Waals surface area contributed by atoms with Crippen LogP contribution in [0.2, 0.25) is 5.02 Å². The zero-order valence-electron chi connectivity index (χ0n) is 26.4. The van der Waals surface area contributed by atoms with Crippen LogP contribution in [-0.2, 0) is 19.1 Å². The van der Waals surface area contributed by atoms with Gasteiger partial charge in [0.05, 0.1) is 34.8 Å². The van der Waals surface area contributed by atoms with Gasteiger partial charge < -0.3 is 29.3 Å². The second-order valence-electron chi connectivity index (χ2n) is 12.4. The number of rotatable bonds is 11. The molecule has 2 saturated heterocycles. The van der Waals surface area contributed by atoms with Crippen LogP contribution in [-0.4, -0.2) is 77.8 Å². The normalized spacial score (nSPS) is 28.7. The topological polar surface area (TPSA) is 99.6 Å². The molecule has 1 unspecified atom stereocenters. The van der Waals surface area contributed by atoms with Gasteiger partial charge >= 0.3 is 0 Å². The molecule has 4 aliphatic heterocycles. The molecule has 0 bridgehead atoms. The highest BCUT2D eigenvalue weighted by molar-refractivity contribution is 6.34. The number of anilines is 2. The first kappa shape index (κ1) is 32.3. The molecular formula is C36H42ClN3O6. The van der Waals surface area contributed by atoms with Crippen LogP contribution in [0.5, 0.6) is 5.75 Å². The van der Waals surface area contributed by atoms with Crippen molar-refractivity contribution in [1.29, 1.82) is 0 Å². The number of carbonyl (C=O) groups is 3. The highest BCUT2D eigenvalue weighted by atomic mass is 35.5. The number of para-hydroxylation sites is 1. The largest absolute Gasteiger partial charge is 0.494 e. The van der Waals surface area contributed by atoms with Crippen LogP contribution in [0.1, 0.15) is 46.0 Å². The number of aliphatic hydroxyl groups excluding tert-OH is 1. The van der Waals surface area contributed by atoms with E-state index < -0.39 is 29.1 Å². The standard InChI is InChI=1S/C36H42ClN3O6/c1-3-35-19-11-22-38(25-15-17-26(18-16-25)45-4-2)32(42)29(35)30-33(43)40(21-9-5-6-10-24-41)31-34(44)39(23-12-20-36(30,31)46-35)28-14-8-7-13-27(28)37/h7-8,11-20,29-31,41H,3-6,9-10,21-24H2,1-2H3/t29-,30+,31?,35+,36+/m1/s1. The Balaban J connectivity index is 1.42. The summed E-state index contributed by atoms with van der Waals surface area (Å²) < 4.78 is 12.7. The van der Waals surface area contributed by atoms with E-state index in [0.29, 0.717) is 61.1 Å². The highest BCUT2D eigenvalue weighted by Crippen LogP contribution is 2.59. The fourth-order valence-electron chi connectivity index (χ4n) is 7.76. The highest BCUT2D eigenvalue weighted by Gasteiger charge is 2.75. The summed E-state index contributed by atoms with van der Waals surface area (Å²) in [5.41, 5.74) is -1.17. The van der Waals surface area contributed by atoms with E-state index in [-0.39, 0.29) is 30.9 Å². The summed E-state index contributed by atoms with van der Waals surface area (Å²) in [7, 11) is 0. The molecule has 3 amide bonds. The Morgan fingerprint density at radius 2 is 1.59 bits per heavy atom. The number of benzene rings is 2. The number of amides is 3. The van der Waals surface area contributed by atoms with Crippen molar-refractivity contribution in [2.24, 2.45) is 11.8 Å². The van der Waals surface area contributed by atoms with E-state index in [4.69, 9.17) is 21.1 Å². The predicted molar refractivity (Wildman–Crippen MR) is 177 cm³/mol. The van der Waals surface area contributed by atoms with Crippen LogP contribution in [0, 0.1) is 11.8 Å². The summed E-state index contributed by atoms with van der Waals surface area (Å²) >= 11 is 6.59. The van der Waals surface area contributed by atoms with Crippen molar-refractivity contribution >= 4 is 40.7 Å². The van der Waals surface area contributed by atoms with Crippen LogP contribution in [0.4, 0.5) is 11.4 Å². The molecule has 0 radical (unpaired) electrons. The van der Waals surface area contributed by atoms with Crippen LogP contribution < -0.4 is 14.5 Å². The maximum atomic E-state index is 14.7. The van der Waals surface area contributed by atoms with Crippen LogP contribution in [0.25, 0.3) is 0 Å². The zero-order chi connectivity index (χ0) is 32.5. The number of nitrogens with zero attached hydrogens (tertiary/aromatic N) is 3. The fraction of sp³-hybridized carbons (Fsp3) is 0.472. The molecule has 4 aliphatic rings. The number of likely N-dealkylation sites (tertiary alicyclic amines) is 1. The van der Waals surface area contributed by atoms with Crippen molar-refractivity contribution in [2.75, 3.05) is 42.6 Å². The molecule has 2 fully saturated rings. The Hall–Kier alpha value is -3.66. The summed E-state index contributed by atoms with van der Waals surface area (Å²) in [6.07, 6.45) is 11.0. The number of halogens is 1. The summed E-state index contributed by atoms with van der Waals surface area (Å²) in [5, 5.41) is 9.69. The Bertz CT molecular complexity index is 1530. The number of carbonyl (C=O) groups excluding carboxylic acids is 3. The lowest BCUT2D eigenvalue weighted by Crippen LogP contribution is -2.56. The molecule has 10 heteroatoms. The van der Waals surface area contributed by atoms with Crippen molar-refractivity contribution in [1.82, 2.24) is 4.90 Å². The molecule has 1 N–H and O–H groups in total. The lowest BCUT2D eigenvalue weighted by atomic mass is 9.73. The third-order valence-corrected chi connectivity index (χ3v) is 10.2. The second kappa shape index (κ2) is 13.2. The molecule has 5 atom stereocenters. The van der Waals surface area contributed by atoms with Gasteiger partial charge in [-0.1, -0.05) is 67.8 Å². The smallest absolute Gasteiger partial charge is 0.253 e. The maximum Gasteiger partial charge on any atom is 0.253 e. The summed E-state index contributed by atoms with van der Waals surface area (Å²) in [5.74, 6) is -1.77. The minimum atomic E-state index is -1.35. The monoisotopic (exact) mass is 647 g/mol. The molecule has 2 aromatic carbocycles. The van der Waals surface area contributed by atoms with E-state index in [0.717, 1.165) is 12.8 Å². The van der Waals surface area contributed by atoms with Gasteiger partial charge in [-0.15, -0.1) is 0 Å². The summed E-state index contributed by atoms with van der Waals surface area (Å²) in [6, 6.07) is 13.6. The van der Waals surface area contributed by atoms with Gasteiger partial charge in [0, 0.05) is 31.9 Å². The molecule has 0 saturated carbocycles. The lowest BCUT2D eigenvalue weighted by Gasteiger charge is -2.38. The summed E-state index contributed by atoms with van der Waals surface area (Å²) in [6.45, 7) is 5.45. The van der Waals surface area contributed by atoms with E-state index in [1.807, 2.05) is 74.5 Å². The number of ether oxygens (including phenoxy) is 2. The second-order valence-corrected chi connectivity index (χ2v) is 12.8. The van der Waals surface area contributed by atoms with E-state index in [2.05, 4.69) is 0 Å². The molecule has 1 spiro atoms. The minimum Gasteiger partial charge on any atom is -0.494 e. The van der Waals surface area contributed by atoms with Gasteiger partial charge in [-0.25, -0.2) is 0 Å². The van der Waals surface area contributed by atoms with Crippen LogP contribution in [0.3, 0.4) is 0 Å².